The molecule has 9 heteroatoms. The third kappa shape index (κ3) is 5.39. The lowest BCUT2D eigenvalue weighted by Gasteiger charge is -2.12. The number of fused-ring (bicyclic) bond motifs is 1. The number of hydrogen-bond donors (Lipinski definition) is 0. The zero-order valence-corrected chi connectivity index (χ0v) is 17.2. The van der Waals surface area contributed by atoms with Gasteiger partial charge in [-0.2, -0.15) is 4.73 Å². The van der Waals surface area contributed by atoms with Gasteiger partial charge >= 0.3 is 17.6 Å². The molecule has 162 valence electrons. The molecule has 3 rings (SSSR count). The summed E-state index contributed by atoms with van der Waals surface area (Å²) in [5.41, 5.74) is 0.0903. The van der Waals surface area contributed by atoms with Crippen LogP contribution in [0.4, 0.5) is 0 Å². The summed E-state index contributed by atoms with van der Waals surface area (Å²) in [6, 6.07) is 13.5. The van der Waals surface area contributed by atoms with Gasteiger partial charge in [-0.05, 0) is 38.1 Å². The Morgan fingerprint density at radius 3 is 2.45 bits per heavy atom. The highest BCUT2D eigenvalue weighted by atomic mass is 16.6. The SMILES string of the molecule is CCOC(=O)c1c(COC(=O)COc2ccccc2)nc2ccc(OCC)cc2[n+]1[O-]. The molecule has 0 aliphatic carbocycles. The minimum Gasteiger partial charge on any atom is -0.618 e. The van der Waals surface area contributed by atoms with Gasteiger partial charge in [0.1, 0.15) is 23.6 Å². The lowest BCUT2D eigenvalue weighted by Crippen LogP contribution is -2.39. The minimum atomic E-state index is -0.861. The van der Waals surface area contributed by atoms with Crippen LogP contribution in [0.25, 0.3) is 11.0 Å². The number of rotatable bonds is 9. The second-order valence-electron chi connectivity index (χ2n) is 6.27. The molecule has 9 nitrogen and oxygen atoms in total. The van der Waals surface area contributed by atoms with Crippen LogP contribution in [0.2, 0.25) is 0 Å². The number of ether oxygens (including phenoxy) is 4. The van der Waals surface area contributed by atoms with Crippen molar-refractivity contribution in [3.05, 3.63) is 65.1 Å². The van der Waals surface area contributed by atoms with Gasteiger partial charge in [0.2, 0.25) is 5.52 Å². The maximum atomic E-state index is 12.9. The topological polar surface area (TPSA) is 111 Å². The molecule has 0 spiro atoms. The number of nitrogens with zero attached hydrogens (tertiary/aromatic N) is 2. The maximum absolute atomic E-state index is 12.9. The number of aromatic nitrogens is 2. The van der Waals surface area contributed by atoms with Gasteiger partial charge in [-0.15, -0.1) is 0 Å². The largest absolute Gasteiger partial charge is 0.618 e. The second-order valence-corrected chi connectivity index (χ2v) is 6.27. The van der Waals surface area contributed by atoms with E-state index < -0.39 is 18.5 Å². The molecule has 0 saturated carbocycles. The molecule has 31 heavy (non-hydrogen) atoms. The Morgan fingerprint density at radius 2 is 1.74 bits per heavy atom. The fourth-order valence-corrected chi connectivity index (χ4v) is 2.80. The zero-order chi connectivity index (χ0) is 22.2. The third-order valence-corrected chi connectivity index (χ3v) is 4.15. The Hall–Kier alpha value is -3.88. The Kier molecular flexibility index (Phi) is 7.21. The van der Waals surface area contributed by atoms with E-state index in [4.69, 9.17) is 18.9 Å². The Labute approximate surface area is 178 Å². The van der Waals surface area contributed by atoms with E-state index in [-0.39, 0.29) is 30.1 Å². The first kappa shape index (κ1) is 21.8. The molecule has 0 aliphatic rings. The lowest BCUT2D eigenvalue weighted by atomic mass is 10.2. The monoisotopic (exact) mass is 426 g/mol. The number of para-hydroxylation sites is 1. The van der Waals surface area contributed by atoms with Crippen LogP contribution in [-0.4, -0.2) is 36.7 Å². The van der Waals surface area contributed by atoms with Crippen molar-refractivity contribution in [2.75, 3.05) is 19.8 Å². The summed E-state index contributed by atoms with van der Waals surface area (Å²) in [4.78, 5) is 28.8. The number of benzene rings is 2. The zero-order valence-electron chi connectivity index (χ0n) is 17.2. The van der Waals surface area contributed by atoms with Crippen molar-refractivity contribution >= 4 is 23.0 Å². The molecule has 3 aromatic rings. The van der Waals surface area contributed by atoms with Gasteiger partial charge in [0.15, 0.2) is 12.3 Å². The average molecular weight is 426 g/mol. The summed E-state index contributed by atoms with van der Waals surface area (Å²) in [6.45, 7) is 3.20. The lowest BCUT2D eigenvalue weighted by molar-refractivity contribution is -0.581. The predicted molar refractivity (Wildman–Crippen MR) is 110 cm³/mol. The van der Waals surface area contributed by atoms with Gasteiger partial charge in [-0.25, -0.2) is 14.6 Å². The summed E-state index contributed by atoms with van der Waals surface area (Å²) < 4.78 is 21.3. The van der Waals surface area contributed by atoms with Crippen LogP contribution in [0, 0.1) is 5.21 Å². The van der Waals surface area contributed by atoms with Crippen LogP contribution in [0.5, 0.6) is 11.5 Å². The first-order valence-electron chi connectivity index (χ1n) is 9.73. The highest BCUT2D eigenvalue weighted by molar-refractivity contribution is 5.88. The molecule has 2 aromatic carbocycles. The Bertz CT molecular complexity index is 1070. The summed E-state index contributed by atoms with van der Waals surface area (Å²) >= 11 is 0. The van der Waals surface area contributed by atoms with Crippen LogP contribution in [0.15, 0.2) is 48.5 Å². The van der Waals surface area contributed by atoms with Gasteiger partial charge in [-0.1, -0.05) is 18.2 Å². The molecule has 1 aromatic heterocycles. The van der Waals surface area contributed by atoms with Gasteiger partial charge in [-0.3, -0.25) is 0 Å². The van der Waals surface area contributed by atoms with E-state index in [0.717, 1.165) is 0 Å². The van der Waals surface area contributed by atoms with Crippen LogP contribution in [0.3, 0.4) is 0 Å². The molecule has 0 unspecified atom stereocenters. The first-order valence-corrected chi connectivity index (χ1v) is 9.73. The van der Waals surface area contributed by atoms with E-state index in [2.05, 4.69) is 4.98 Å². The Balaban J connectivity index is 1.83. The summed E-state index contributed by atoms with van der Waals surface area (Å²) in [5, 5.41) is 12.9. The third-order valence-electron chi connectivity index (χ3n) is 4.15. The molecular weight excluding hydrogens is 404 g/mol. The summed E-state index contributed by atoms with van der Waals surface area (Å²) in [6.07, 6.45) is 0. The molecule has 1 heterocycles. The minimum absolute atomic E-state index is 0.0156. The average Bonchev–Trinajstić information content (AvgIpc) is 2.77. The molecule has 0 aliphatic heterocycles. The van der Waals surface area contributed by atoms with E-state index >= 15 is 0 Å². The van der Waals surface area contributed by atoms with Gasteiger partial charge < -0.3 is 24.2 Å². The molecule has 0 atom stereocenters. The molecule has 0 radical (unpaired) electrons. The fraction of sp³-hybridized carbons (Fsp3) is 0.273. The molecule has 0 saturated heterocycles. The van der Waals surface area contributed by atoms with E-state index in [1.54, 1.807) is 43.3 Å². The van der Waals surface area contributed by atoms with Gasteiger partial charge in [0.05, 0.1) is 19.3 Å². The van der Waals surface area contributed by atoms with Gasteiger partial charge in [0.25, 0.3) is 0 Å². The molecular formula is C22H22N2O7. The van der Waals surface area contributed by atoms with E-state index in [1.165, 1.54) is 6.07 Å². The van der Waals surface area contributed by atoms with E-state index in [0.29, 0.717) is 28.4 Å². The van der Waals surface area contributed by atoms with Crippen LogP contribution in [0.1, 0.15) is 30.0 Å². The van der Waals surface area contributed by atoms with Gasteiger partial charge in [0, 0.05) is 0 Å². The maximum Gasteiger partial charge on any atom is 0.407 e. The van der Waals surface area contributed by atoms with Crippen molar-refractivity contribution in [1.29, 1.82) is 0 Å². The first-order chi connectivity index (χ1) is 15.0. The number of carbonyl (C=O) groups is 2. The van der Waals surface area contributed by atoms with Crippen molar-refractivity contribution in [2.24, 2.45) is 0 Å². The van der Waals surface area contributed by atoms with Crippen LogP contribution in [-0.2, 0) is 20.9 Å². The summed E-state index contributed by atoms with van der Waals surface area (Å²) in [5.74, 6) is -0.559. The number of carbonyl (C=O) groups excluding carboxylic acids is 2. The number of esters is 2. The summed E-state index contributed by atoms with van der Waals surface area (Å²) in [7, 11) is 0. The van der Waals surface area contributed by atoms with Crippen molar-refractivity contribution < 1.29 is 33.3 Å². The van der Waals surface area contributed by atoms with Crippen molar-refractivity contribution in [1.82, 2.24) is 4.98 Å². The highest BCUT2D eigenvalue weighted by Crippen LogP contribution is 2.19. The Morgan fingerprint density at radius 1 is 0.968 bits per heavy atom. The number of hydrogen-bond acceptors (Lipinski definition) is 8. The van der Waals surface area contributed by atoms with E-state index in [9.17, 15) is 14.8 Å². The molecule has 0 fully saturated rings. The second kappa shape index (κ2) is 10.2. The van der Waals surface area contributed by atoms with Crippen LogP contribution >= 0.6 is 0 Å². The quantitative estimate of drug-likeness (QED) is 0.292. The molecule has 0 bridgehead atoms. The van der Waals surface area contributed by atoms with Crippen molar-refractivity contribution in [2.45, 2.75) is 20.5 Å². The highest BCUT2D eigenvalue weighted by Gasteiger charge is 2.28. The van der Waals surface area contributed by atoms with Crippen molar-refractivity contribution in [3.63, 3.8) is 0 Å². The standard InChI is InChI=1S/C22H22N2O7/c1-3-28-16-10-11-17-19(12-16)24(27)21(22(26)29-4-2)18(23-17)13-31-20(25)14-30-15-8-6-5-7-9-15/h5-12H,3-4,13-14H2,1-2H3. The predicted octanol–water partition coefficient (Wildman–Crippen LogP) is 2.57. The van der Waals surface area contributed by atoms with Crippen LogP contribution < -0.4 is 14.2 Å². The van der Waals surface area contributed by atoms with E-state index in [1.807, 2.05) is 13.0 Å². The van der Waals surface area contributed by atoms with Crippen molar-refractivity contribution in [3.8, 4) is 11.5 Å². The normalized spacial score (nSPS) is 10.5. The smallest absolute Gasteiger partial charge is 0.407 e. The molecule has 0 N–H and O–H groups in total. The molecule has 0 amide bonds. The fourth-order valence-electron chi connectivity index (χ4n) is 2.80.